The normalized spacial score (nSPS) is 11.4. The highest BCUT2D eigenvalue weighted by atomic mass is 16.5. The van der Waals surface area contributed by atoms with E-state index < -0.39 is 6.10 Å². The lowest BCUT2D eigenvalue weighted by molar-refractivity contribution is -0.127. The van der Waals surface area contributed by atoms with Gasteiger partial charge in [0.05, 0.1) is 11.6 Å². The van der Waals surface area contributed by atoms with Gasteiger partial charge in [0.2, 0.25) is 0 Å². The lowest BCUT2D eigenvalue weighted by Crippen LogP contribution is -2.36. The molecule has 19 heavy (non-hydrogen) atoms. The number of hydrogen-bond acceptors (Lipinski definition) is 4. The van der Waals surface area contributed by atoms with Crippen molar-refractivity contribution in [2.24, 2.45) is 0 Å². The first-order valence-electron chi connectivity index (χ1n) is 6.22. The van der Waals surface area contributed by atoms with Crippen molar-refractivity contribution in [1.29, 1.82) is 5.26 Å². The van der Waals surface area contributed by atoms with Gasteiger partial charge in [0.15, 0.2) is 6.10 Å². The molecule has 0 aliphatic rings. The van der Waals surface area contributed by atoms with Gasteiger partial charge in [-0.15, -0.1) is 0 Å². The predicted molar refractivity (Wildman–Crippen MR) is 70.6 cm³/mol. The number of ether oxygens (including phenoxy) is 1. The van der Waals surface area contributed by atoms with E-state index in [9.17, 15) is 4.79 Å². The molecule has 0 saturated heterocycles. The first-order valence-corrected chi connectivity index (χ1v) is 6.22. The topological polar surface area (TPSA) is 82.3 Å². The van der Waals surface area contributed by atoms with Crippen LogP contribution in [-0.2, 0) is 4.79 Å². The van der Waals surface area contributed by atoms with Gasteiger partial charge in [0.25, 0.3) is 5.91 Å². The van der Waals surface area contributed by atoms with Crippen LogP contribution in [0, 0.1) is 11.3 Å². The minimum atomic E-state index is -0.595. The van der Waals surface area contributed by atoms with Gasteiger partial charge in [-0.2, -0.15) is 5.26 Å². The summed E-state index contributed by atoms with van der Waals surface area (Å²) >= 11 is 0. The number of amides is 1. The molecule has 1 aromatic carbocycles. The average Bonchev–Trinajstić information content (AvgIpc) is 2.44. The van der Waals surface area contributed by atoms with Gasteiger partial charge in [-0.05, 0) is 44.0 Å². The van der Waals surface area contributed by atoms with E-state index >= 15 is 0 Å². The summed E-state index contributed by atoms with van der Waals surface area (Å²) in [4.78, 5) is 11.7. The zero-order chi connectivity index (χ0) is 14.1. The molecule has 0 fully saturated rings. The summed E-state index contributed by atoms with van der Waals surface area (Å²) in [6.07, 6.45) is 0.818. The summed E-state index contributed by atoms with van der Waals surface area (Å²) in [5.41, 5.74) is 0.549. The fourth-order valence-corrected chi connectivity index (χ4v) is 1.46. The van der Waals surface area contributed by atoms with Crippen LogP contribution in [0.4, 0.5) is 0 Å². The Labute approximate surface area is 112 Å². The Bertz CT molecular complexity index is 437. The number of carbonyl (C=O) groups is 1. The number of nitriles is 1. The first-order chi connectivity index (χ1) is 9.17. The Balaban J connectivity index is 2.38. The first kappa shape index (κ1) is 15.0. The van der Waals surface area contributed by atoms with Gasteiger partial charge in [-0.1, -0.05) is 0 Å². The molecule has 0 saturated carbocycles. The molecule has 1 atom stereocenters. The SMILES string of the molecule is CC(Oc1ccc(C#N)cc1)C(=O)NCCCCO. The maximum Gasteiger partial charge on any atom is 0.260 e. The summed E-state index contributed by atoms with van der Waals surface area (Å²) in [6, 6.07) is 8.62. The molecule has 1 amide bonds. The van der Waals surface area contributed by atoms with Crippen molar-refractivity contribution in [1.82, 2.24) is 5.32 Å². The molecule has 0 aliphatic carbocycles. The number of aliphatic hydroxyl groups is 1. The van der Waals surface area contributed by atoms with Crippen LogP contribution < -0.4 is 10.1 Å². The molecule has 1 rings (SSSR count). The Morgan fingerprint density at radius 1 is 1.42 bits per heavy atom. The molecular weight excluding hydrogens is 244 g/mol. The summed E-state index contributed by atoms with van der Waals surface area (Å²) < 4.78 is 5.46. The fraction of sp³-hybridized carbons (Fsp3) is 0.429. The number of carbonyl (C=O) groups excluding carboxylic acids is 1. The third-order valence-electron chi connectivity index (χ3n) is 2.55. The van der Waals surface area contributed by atoms with Crippen molar-refractivity contribution < 1.29 is 14.6 Å². The van der Waals surface area contributed by atoms with E-state index in [0.717, 1.165) is 6.42 Å². The highest BCUT2D eigenvalue weighted by molar-refractivity contribution is 5.80. The van der Waals surface area contributed by atoms with E-state index in [2.05, 4.69) is 5.32 Å². The molecule has 0 radical (unpaired) electrons. The number of hydrogen-bond donors (Lipinski definition) is 2. The van der Waals surface area contributed by atoms with Crippen molar-refractivity contribution in [3.63, 3.8) is 0 Å². The van der Waals surface area contributed by atoms with E-state index in [0.29, 0.717) is 24.3 Å². The number of nitrogens with zero attached hydrogens (tertiary/aromatic N) is 1. The maximum absolute atomic E-state index is 11.7. The molecule has 0 spiro atoms. The van der Waals surface area contributed by atoms with Crippen molar-refractivity contribution in [3.05, 3.63) is 29.8 Å². The number of benzene rings is 1. The zero-order valence-electron chi connectivity index (χ0n) is 10.9. The van der Waals surface area contributed by atoms with Gasteiger partial charge in [0, 0.05) is 13.2 Å². The van der Waals surface area contributed by atoms with E-state index in [1.54, 1.807) is 31.2 Å². The minimum absolute atomic E-state index is 0.132. The standard InChI is InChI=1S/C14H18N2O3/c1-11(14(18)16-8-2-3-9-17)19-13-6-4-12(10-15)5-7-13/h4-7,11,17H,2-3,8-9H2,1H3,(H,16,18). The third-order valence-corrected chi connectivity index (χ3v) is 2.55. The van der Waals surface area contributed by atoms with Gasteiger partial charge in [0.1, 0.15) is 5.75 Å². The monoisotopic (exact) mass is 262 g/mol. The van der Waals surface area contributed by atoms with E-state index in [1.165, 1.54) is 0 Å². The Morgan fingerprint density at radius 3 is 2.68 bits per heavy atom. The number of nitrogens with one attached hydrogen (secondary N) is 1. The van der Waals surface area contributed by atoms with Gasteiger partial charge in [-0.25, -0.2) is 0 Å². The van der Waals surface area contributed by atoms with Crippen LogP contribution in [0.1, 0.15) is 25.3 Å². The lowest BCUT2D eigenvalue weighted by Gasteiger charge is -2.14. The van der Waals surface area contributed by atoms with Crippen LogP contribution in [-0.4, -0.2) is 30.3 Å². The molecule has 0 aromatic heterocycles. The molecule has 5 nitrogen and oxygen atoms in total. The Morgan fingerprint density at radius 2 is 2.11 bits per heavy atom. The van der Waals surface area contributed by atoms with Crippen LogP contribution in [0.25, 0.3) is 0 Å². The lowest BCUT2D eigenvalue weighted by atomic mass is 10.2. The average molecular weight is 262 g/mol. The number of aliphatic hydroxyl groups excluding tert-OH is 1. The molecule has 0 heterocycles. The predicted octanol–water partition coefficient (Wildman–Crippen LogP) is 1.21. The second kappa shape index (κ2) is 8.11. The largest absolute Gasteiger partial charge is 0.481 e. The van der Waals surface area contributed by atoms with Crippen molar-refractivity contribution in [3.8, 4) is 11.8 Å². The van der Waals surface area contributed by atoms with Crippen molar-refractivity contribution in [2.75, 3.05) is 13.2 Å². The van der Waals surface area contributed by atoms with Crippen LogP contribution in [0.15, 0.2) is 24.3 Å². The second-order valence-corrected chi connectivity index (χ2v) is 4.12. The Hall–Kier alpha value is -2.06. The van der Waals surface area contributed by atoms with Crippen molar-refractivity contribution >= 4 is 5.91 Å². The fourth-order valence-electron chi connectivity index (χ4n) is 1.46. The third kappa shape index (κ3) is 5.40. The molecular formula is C14H18N2O3. The summed E-state index contributed by atoms with van der Waals surface area (Å²) in [6.45, 7) is 2.33. The summed E-state index contributed by atoms with van der Waals surface area (Å²) in [5.74, 6) is 0.360. The van der Waals surface area contributed by atoms with Crippen LogP contribution in [0.3, 0.4) is 0 Å². The van der Waals surface area contributed by atoms with Crippen LogP contribution in [0.5, 0.6) is 5.75 Å². The maximum atomic E-state index is 11.7. The summed E-state index contributed by atoms with van der Waals surface area (Å²) in [7, 11) is 0. The minimum Gasteiger partial charge on any atom is -0.481 e. The quantitative estimate of drug-likeness (QED) is 0.724. The Kier molecular flexibility index (Phi) is 6.41. The van der Waals surface area contributed by atoms with Crippen LogP contribution in [0.2, 0.25) is 0 Å². The van der Waals surface area contributed by atoms with E-state index in [4.69, 9.17) is 15.1 Å². The van der Waals surface area contributed by atoms with E-state index in [1.807, 2.05) is 6.07 Å². The number of rotatable bonds is 7. The smallest absolute Gasteiger partial charge is 0.260 e. The molecule has 0 bridgehead atoms. The zero-order valence-corrected chi connectivity index (χ0v) is 10.9. The molecule has 1 aromatic rings. The molecule has 2 N–H and O–H groups in total. The van der Waals surface area contributed by atoms with Crippen molar-refractivity contribution in [2.45, 2.75) is 25.9 Å². The molecule has 5 heteroatoms. The molecule has 102 valence electrons. The highest BCUT2D eigenvalue weighted by Crippen LogP contribution is 2.13. The van der Waals surface area contributed by atoms with Gasteiger partial charge in [-0.3, -0.25) is 4.79 Å². The van der Waals surface area contributed by atoms with Crippen LogP contribution >= 0.6 is 0 Å². The summed E-state index contributed by atoms with van der Waals surface area (Å²) in [5, 5.41) is 20.0. The molecule has 0 aliphatic heterocycles. The molecule has 1 unspecified atom stereocenters. The second-order valence-electron chi connectivity index (χ2n) is 4.12. The van der Waals surface area contributed by atoms with Gasteiger partial charge < -0.3 is 15.2 Å². The van der Waals surface area contributed by atoms with Gasteiger partial charge >= 0.3 is 0 Å². The van der Waals surface area contributed by atoms with E-state index in [-0.39, 0.29) is 12.5 Å². The highest BCUT2D eigenvalue weighted by Gasteiger charge is 2.13. The number of unbranched alkanes of at least 4 members (excludes halogenated alkanes) is 1.